The highest BCUT2D eigenvalue weighted by Gasteiger charge is 2.23. The molecule has 0 amide bonds. The zero-order valence-electron chi connectivity index (χ0n) is 16.5. The number of aliphatic imine (C=N–C) groups is 1. The summed E-state index contributed by atoms with van der Waals surface area (Å²) in [6.07, 6.45) is 4.52. The number of halogens is 1. The Balaban J connectivity index is 0.00000261. The lowest BCUT2D eigenvalue weighted by Crippen LogP contribution is -2.45. The van der Waals surface area contributed by atoms with Gasteiger partial charge in [-0.15, -0.1) is 24.0 Å². The molecule has 1 unspecified atom stereocenters. The molecule has 2 aliphatic rings. The van der Waals surface area contributed by atoms with Crippen molar-refractivity contribution in [3.05, 3.63) is 29.3 Å². The van der Waals surface area contributed by atoms with Gasteiger partial charge < -0.3 is 20.1 Å². The second-order valence-electron chi connectivity index (χ2n) is 7.00. The second kappa shape index (κ2) is 11.7. The summed E-state index contributed by atoms with van der Waals surface area (Å²) in [5, 5.41) is 6.91. The summed E-state index contributed by atoms with van der Waals surface area (Å²) in [6, 6.07) is 7.10. The van der Waals surface area contributed by atoms with E-state index in [2.05, 4.69) is 38.7 Å². The fraction of sp³-hybridized carbons (Fsp3) is 0.650. The molecule has 7 heteroatoms. The molecule has 2 N–H and O–H groups in total. The normalized spacial score (nSPS) is 19.3. The van der Waals surface area contributed by atoms with Crippen molar-refractivity contribution in [3.63, 3.8) is 0 Å². The first-order chi connectivity index (χ1) is 12.8. The molecule has 2 aliphatic heterocycles. The van der Waals surface area contributed by atoms with Gasteiger partial charge >= 0.3 is 0 Å². The molecule has 6 nitrogen and oxygen atoms in total. The number of guanidine groups is 1. The van der Waals surface area contributed by atoms with E-state index in [9.17, 15) is 0 Å². The fourth-order valence-corrected chi connectivity index (χ4v) is 3.78. The van der Waals surface area contributed by atoms with Crippen LogP contribution in [0, 0.1) is 0 Å². The van der Waals surface area contributed by atoms with Crippen LogP contribution < -0.4 is 15.4 Å². The quantitative estimate of drug-likeness (QED) is 0.334. The van der Waals surface area contributed by atoms with Gasteiger partial charge in [-0.3, -0.25) is 9.89 Å². The molecule has 0 aliphatic carbocycles. The van der Waals surface area contributed by atoms with Crippen LogP contribution in [-0.2, 0) is 17.6 Å². The van der Waals surface area contributed by atoms with Crippen molar-refractivity contribution < 1.29 is 9.47 Å². The van der Waals surface area contributed by atoms with Crippen LogP contribution in [0.1, 0.15) is 24.0 Å². The molecule has 1 fully saturated rings. The first-order valence-electron chi connectivity index (χ1n) is 9.72. The fourth-order valence-electron chi connectivity index (χ4n) is 3.78. The highest BCUT2D eigenvalue weighted by Crippen LogP contribution is 2.25. The van der Waals surface area contributed by atoms with E-state index in [4.69, 9.17) is 9.47 Å². The third kappa shape index (κ3) is 6.50. The van der Waals surface area contributed by atoms with E-state index < -0.39 is 0 Å². The molecular formula is C20H33IN4O2. The number of nitrogens with one attached hydrogen (secondary N) is 2. The van der Waals surface area contributed by atoms with Gasteiger partial charge in [0, 0.05) is 46.3 Å². The molecule has 1 aromatic rings. The molecule has 1 atom stereocenters. The molecule has 0 aromatic heterocycles. The first kappa shape index (κ1) is 22.2. The van der Waals surface area contributed by atoms with E-state index in [0.29, 0.717) is 6.04 Å². The van der Waals surface area contributed by atoms with Crippen molar-refractivity contribution in [2.75, 3.05) is 53.6 Å². The van der Waals surface area contributed by atoms with Crippen LogP contribution >= 0.6 is 24.0 Å². The van der Waals surface area contributed by atoms with Gasteiger partial charge in [0.1, 0.15) is 5.75 Å². The molecule has 2 heterocycles. The van der Waals surface area contributed by atoms with Crippen LogP contribution in [-0.4, -0.2) is 70.5 Å². The van der Waals surface area contributed by atoms with Crippen molar-refractivity contribution in [2.24, 2.45) is 4.99 Å². The van der Waals surface area contributed by atoms with Gasteiger partial charge in [-0.05, 0) is 43.0 Å². The molecular weight excluding hydrogens is 455 g/mol. The lowest BCUT2D eigenvalue weighted by atomic mass is 10.1. The molecule has 0 radical (unpaired) electrons. The summed E-state index contributed by atoms with van der Waals surface area (Å²) in [5.74, 6) is 1.93. The number of ether oxygens (including phenoxy) is 2. The maximum Gasteiger partial charge on any atom is 0.191 e. The van der Waals surface area contributed by atoms with Crippen LogP contribution in [0.15, 0.2) is 23.2 Å². The molecule has 27 heavy (non-hydrogen) atoms. The summed E-state index contributed by atoms with van der Waals surface area (Å²) in [5.41, 5.74) is 2.68. The highest BCUT2D eigenvalue weighted by atomic mass is 127. The van der Waals surface area contributed by atoms with E-state index in [-0.39, 0.29) is 24.0 Å². The molecule has 0 saturated carbocycles. The maximum atomic E-state index is 5.57. The summed E-state index contributed by atoms with van der Waals surface area (Å²) in [4.78, 5) is 6.87. The number of fused-ring (bicyclic) bond motifs is 1. The summed E-state index contributed by atoms with van der Waals surface area (Å²) in [7, 11) is 3.60. The molecule has 3 rings (SSSR count). The smallest absolute Gasteiger partial charge is 0.191 e. The Kier molecular flexibility index (Phi) is 9.64. The van der Waals surface area contributed by atoms with Gasteiger partial charge in [-0.2, -0.15) is 0 Å². The van der Waals surface area contributed by atoms with E-state index in [0.717, 1.165) is 57.4 Å². The second-order valence-corrected chi connectivity index (χ2v) is 7.00. The topological polar surface area (TPSA) is 58.1 Å². The van der Waals surface area contributed by atoms with Gasteiger partial charge in [0.15, 0.2) is 5.96 Å². The Morgan fingerprint density at radius 2 is 2.26 bits per heavy atom. The minimum Gasteiger partial charge on any atom is -0.493 e. The molecule has 1 saturated heterocycles. The predicted molar refractivity (Wildman–Crippen MR) is 121 cm³/mol. The van der Waals surface area contributed by atoms with Crippen LogP contribution in [0.3, 0.4) is 0 Å². The highest BCUT2D eigenvalue weighted by molar-refractivity contribution is 14.0. The van der Waals surface area contributed by atoms with Gasteiger partial charge in [0.05, 0.1) is 13.2 Å². The third-order valence-electron chi connectivity index (χ3n) is 5.27. The van der Waals surface area contributed by atoms with Gasteiger partial charge in [-0.1, -0.05) is 12.1 Å². The molecule has 1 aromatic carbocycles. The van der Waals surface area contributed by atoms with Gasteiger partial charge in [0.25, 0.3) is 0 Å². The average molecular weight is 488 g/mol. The van der Waals surface area contributed by atoms with Crippen LogP contribution in [0.4, 0.5) is 0 Å². The minimum atomic E-state index is 0. The Morgan fingerprint density at radius 3 is 3.07 bits per heavy atom. The molecule has 0 spiro atoms. The number of benzene rings is 1. The van der Waals surface area contributed by atoms with E-state index in [1.54, 1.807) is 7.11 Å². The first-order valence-corrected chi connectivity index (χ1v) is 9.72. The number of hydrogen-bond donors (Lipinski definition) is 2. The molecule has 152 valence electrons. The lowest BCUT2D eigenvalue weighted by Gasteiger charge is -2.25. The largest absolute Gasteiger partial charge is 0.493 e. The van der Waals surface area contributed by atoms with Crippen molar-refractivity contribution in [2.45, 2.75) is 31.7 Å². The summed E-state index contributed by atoms with van der Waals surface area (Å²) >= 11 is 0. The zero-order valence-corrected chi connectivity index (χ0v) is 18.8. The Labute approximate surface area is 180 Å². The molecule has 0 bridgehead atoms. The SMILES string of the molecule is CN=C(NCCc1ccc2c(c1)CCO2)NCC1CCCN1CCOC.I. The van der Waals surface area contributed by atoms with Crippen molar-refractivity contribution in [1.29, 1.82) is 0 Å². The number of likely N-dealkylation sites (tertiary alicyclic amines) is 1. The standard InChI is InChI=1S/C20H32N4O2.HI/c1-21-20(23-15-18-4-3-10-24(18)11-13-25-2)22-9-7-16-5-6-19-17(14-16)8-12-26-19;/h5-6,14,18H,3-4,7-13,15H2,1-2H3,(H2,21,22,23);1H. The lowest BCUT2D eigenvalue weighted by molar-refractivity contribution is 0.141. The van der Waals surface area contributed by atoms with Gasteiger partial charge in [-0.25, -0.2) is 0 Å². The Hall–Kier alpha value is -1.06. The van der Waals surface area contributed by atoms with Crippen LogP contribution in [0.5, 0.6) is 5.75 Å². The van der Waals surface area contributed by atoms with Gasteiger partial charge in [0.2, 0.25) is 0 Å². The number of hydrogen-bond acceptors (Lipinski definition) is 4. The Bertz CT molecular complexity index is 612. The third-order valence-corrected chi connectivity index (χ3v) is 5.27. The zero-order chi connectivity index (χ0) is 18.2. The number of methoxy groups -OCH3 is 1. The van der Waals surface area contributed by atoms with E-state index in [1.165, 1.54) is 30.5 Å². The average Bonchev–Trinajstić information content (AvgIpc) is 3.31. The van der Waals surface area contributed by atoms with Crippen molar-refractivity contribution in [3.8, 4) is 5.75 Å². The van der Waals surface area contributed by atoms with Crippen LogP contribution in [0.25, 0.3) is 0 Å². The van der Waals surface area contributed by atoms with Crippen molar-refractivity contribution >= 4 is 29.9 Å². The predicted octanol–water partition coefficient (Wildman–Crippen LogP) is 2.06. The number of rotatable bonds is 8. The van der Waals surface area contributed by atoms with E-state index in [1.807, 2.05) is 7.05 Å². The summed E-state index contributed by atoms with van der Waals surface area (Å²) in [6.45, 7) is 5.60. The number of nitrogens with zero attached hydrogens (tertiary/aromatic N) is 2. The Morgan fingerprint density at radius 1 is 1.37 bits per heavy atom. The van der Waals surface area contributed by atoms with E-state index >= 15 is 0 Å². The van der Waals surface area contributed by atoms with Crippen LogP contribution in [0.2, 0.25) is 0 Å². The summed E-state index contributed by atoms with van der Waals surface area (Å²) < 4.78 is 10.8. The minimum absolute atomic E-state index is 0. The maximum absolute atomic E-state index is 5.57. The van der Waals surface area contributed by atoms with Crippen molar-refractivity contribution in [1.82, 2.24) is 15.5 Å². The monoisotopic (exact) mass is 488 g/mol.